The van der Waals surface area contributed by atoms with E-state index in [0.717, 1.165) is 27.5 Å². The van der Waals surface area contributed by atoms with E-state index in [1.165, 1.54) is 0 Å². The summed E-state index contributed by atoms with van der Waals surface area (Å²) >= 11 is 3.48. The fraction of sp³-hybridized carbons (Fsp3) is 0.462. The number of guanidine groups is 1. The maximum atomic E-state index is 5.39. The van der Waals surface area contributed by atoms with Crippen molar-refractivity contribution in [3.8, 4) is 11.5 Å². The second-order valence-corrected chi connectivity index (χ2v) is 5.01. The van der Waals surface area contributed by atoms with E-state index in [4.69, 9.17) is 14.2 Å². The number of fused-ring (bicyclic) bond motifs is 1. The zero-order valence-electron chi connectivity index (χ0n) is 11.5. The molecule has 6 nitrogen and oxygen atoms in total. The van der Waals surface area contributed by atoms with Gasteiger partial charge in [-0.25, -0.2) is 0 Å². The van der Waals surface area contributed by atoms with E-state index in [0.29, 0.717) is 19.7 Å². The van der Waals surface area contributed by atoms with Gasteiger partial charge in [-0.3, -0.25) is 4.99 Å². The molecule has 0 spiro atoms. The summed E-state index contributed by atoms with van der Waals surface area (Å²) in [7, 11) is 3.40. The molecule has 110 valence electrons. The minimum Gasteiger partial charge on any atom is -0.454 e. The van der Waals surface area contributed by atoms with Crippen molar-refractivity contribution >= 4 is 21.9 Å². The van der Waals surface area contributed by atoms with Gasteiger partial charge in [-0.05, 0) is 33.6 Å². The van der Waals surface area contributed by atoms with Crippen molar-refractivity contribution in [2.45, 2.75) is 6.54 Å². The molecule has 0 radical (unpaired) electrons. The Morgan fingerprint density at radius 1 is 1.40 bits per heavy atom. The van der Waals surface area contributed by atoms with Crippen molar-refractivity contribution in [1.82, 2.24) is 10.6 Å². The third-order valence-corrected chi connectivity index (χ3v) is 3.36. The van der Waals surface area contributed by atoms with E-state index < -0.39 is 0 Å². The van der Waals surface area contributed by atoms with Crippen molar-refractivity contribution < 1.29 is 14.2 Å². The maximum Gasteiger partial charge on any atom is 0.231 e. The van der Waals surface area contributed by atoms with Gasteiger partial charge < -0.3 is 24.8 Å². The van der Waals surface area contributed by atoms with Crippen LogP contribution in [0.3, 0.4) is 0 Å². The Labute approximate surface area is 126 Å². The van der Waals surface area contributed by atoms with Gasteiger partial charge in [0.15, 0.2) is 17.5 Å². The van der Waals surface area contributed by atoms with Crippen LogP contribution in [0, 0.1) is 0 Å². The van der Waals surface area contributed by atoms with E-state index in [9.17, 15) is 0 Å². The number of methoxy groups -OCH3 is 1. The monoisotopic (exact) mass is 343 g/mol. The average Bonchev–Trinajstić information content (AvgIpc) is 2.91. The van der Waals surface area contributed by atoms with Crippen LogP contribution in [0.4, 0.5) is 0 Å². The summed E-state index contributed by atoms with van der Waals surface area (Å²) in [5.74, 6) is 2.26. The lowest BCUT2D eigenvalue weighted by atomic mass is 10.2. The third kappa shape index (κ3) is 3.77. The summed E-state index contributed by atoms with van der Waals surface area (Å²) < 4.78 is 16.6. The molecule has 0 saturated carbocycles. The fourth-order valence-corrected chi connectivity index (χ4v) is 2.40. The second-order valence-electron chi connectivity index (χ2n) is 4.16. The Morgan fingerprint density at radius 3 is 3.00 bits per heavy atom. The van der Waals surface area contributed by atoms with Crippen molar-refractivity contribution in [3.63, 3.8) is 0 Å². The molecule has 1 heterocycles. The van der Waals surface area contributed by atoms with Gasteiger partial charge >= 0.3 is 0 Å². The van der Waals surface area contributed by atoms with Crippen LogP contribution in [0.2, 0.25) is 0 Å². The minimum absolute atomic E-state index is 0.269. The third-order valence-electron chi connectivity index (χ3n) is 2.77. The molecule has 1 aliphatic rings. The van der Waals surface area contributed by atoms with E-state index in [2.05, 4.69) is 31.6 Å². The lowest BCUT2D eigenvalue weighted by molar-refractivity contribution is 0.173. The van der Waals surface area contributed by atoms with Gasteiger partial charge in [0.05, 0.1) is 11.1 Å². The molecule has 0 amide bonds. The van der Waals surface area contributed by atoms with Crippen molar-refractivity contribution in [2.75, 3.05) is 34.1 Å². The number of nitrogens with one attached hydrogen (secondary N) is 2. The molecule has 0 atom stereocenters. The van der Waals surface area contributed by atoms with Crippen molar-refractivity contribution in [2.24, 2.45) is 4.99 Å². The van der Waals surface area contributed by atoms with Gasteiger partial charge in [0.25, 0.3) is 0 Å². The Balaban J connectivity index is 1.92. The summed E-state index contributed by atoms with van der Waals surface area (Å²) in [4.78, 5) is 4.14. The van der Waals surface area contributed by atoms with Crippen LogP contribution in [0.5, 0.6) is 11.5 Å². The van der Waals surface area contributed by atoms with Gasteiger partial charge in [-0.2, -0.15) is 0 Å². The van der Waals surface area contributed by atoms with E-state index in [-0.39, 0.29) is 6.79 Å². The SMILES string of the molecule is CN=C(NCCOC)NCc1cc(Br)c2c(c1)OCO2. The van der Waals surface area contributed by atoms with E-state index in [1.807, 2.05) is 12.1 Å². The zero-order chi connectivity index (χ0) is 14.4. The molecule has 1 aromatic carbocycles. The standard InChI is InChI=1S/C13H18BrN3O3/c1-15-13(16-3-4-18-2)17-7-9-5-10(14)12-11(6-9)19-8-20-12/h5-6H,3-4,7-8H2,1-2H3,(H2,15,16,17). The highest BCUT2D eigenvalue weighted by Gasteiger charge is 2.17. The molecule has 0 bridgehead atoms. The van der Waals surface area contributed by atoms with E-state index in [1.54, 1.807) is 14.2 Å². The number of nitrogens with zero attached hydrogens (tertiary/aromatic N) is 1. The van der Waals surface area contributed by atoms with Crippen LogP contribution in [0.1, 0.15) is 5.56 Å². The van der Waals surface area contributed by atoms with Crippen molar-refractivity contribution in [1.29, 1.82) is 0 Å². The topological polar surface area (TPSA) is 64.1 Å². The number of ether oxygens (including phenoxy) is 3. The molecule has 7 heteroatoms. The van der Waals surface area contributed by atoms with Gasteiger partial charge in [0.1, 0.15) is 0 Å². The normalized spacial score (nSPS) is 13.4. The van der Waals surface area contributed by atoms with Gasteiger partial charge in [0.2, 0.25) is 6.79 Å². The Hall–Kier alpha value is -1.47. The van der Waals surface area contributed by atoms with Gasteiger partial charge in [-0.1, -0.05) is 0 Å². The van der Waals surface area contributed by atoms with Gasteiger partial charge in [-0.15, -0.1) is 0 Å². The molecule has 0 fully saturated rings. The molecule has 2 N–H and O–H groups in total. The molecule has 0 saturated heterocycles. The molecule has 1 aromatic rings. The molecular weight excluding hydrogens is 326 g/mol. The van der Waals surface area contributed by atoms with Gasteiger partial charge in [0, 0.05) is 27.2 Å². The summed E-state index contributed by atoms with van der Waals surface area (Å²) in [5.41, 5.74) is 1.08. The number of aliphatic imine (C=N–C) groups is 1. The number of benzene rings is 1. The molecule has 0 aromatic heterocycles. The predicted octanol–water partition coefficient (Wildman–Crippen LogP) is 1.49. The Kier molecular flexibility index (Phi) is 5.49. The zero-order valence-corrected chi connectivity index (χ0v) is 13.1. The minimum atomic E-state index is 0.269. The van der Waals surface area contributed by atoms with E-state index >= 15 is 0 Å². The lowest BCUT2D eigenvalue weighted by Gasteiger charge is -2.12. The number of halogens is 1. The highest BCUT2D eigenvalue weighted by Crippen LogP contribution is 2.39. The summed E-state index contributed by atoms with van der Waals surface area (Å²) in [6, 6.07) is 3.96. The van der Waals surface area contributed by atoms with Crippen LogP contribution >= 0.6 is 15.9 Å². The molecule has 0 aliphatic carbocycles. The first-order chi connectivity index (χ1) is 9.74. The summed E-state index contributed by atoms with van der Waals surface area (Å²) in [6.45, 7) is 2.25. The maximum absolute atomic E-state index is 5.39. The fourth-order valence-electron chi connectivity index (χ4n) is 1.80. The average molecular weight is 344 g/mol. The molecule has 1 aliphatic heterocycles. The molecule has 20 heavy (non-hydrogen) atoms. The first-order valence-electron chi connectivity index (χ1n) is 6.26. The molecular formula is C13H18BrN3O3. The molecule has 0 unspecified atom stereocenters. The highest BCUT2D eigenvalue weighted by atomic mass is 79.9. The van der Waals surface area contributed by atoms with Crippen LogP contribution in [0.25, 0.3) is 0 Å². The van der Waals surface area contributed by atoms with Crippen molar-refractivity contribution in [3.05, 3.63) is 22.2 Å². The number of rotatable bonds is 5. The number of hydrogen-bond donors (Lipinski definition) is 2. The van der Waals surface area contributed by atoms with Crippen LogP contribution < -0.4 is 20.1 Å². The quantitative estimate of drug-likeness (QED) is 0.481. The molecule has 2 rings (SSSR count). The smallest absolute Gasteiger partial charge is 0.231 e. The van der Waals surface area contributed by atoms with Crippen LogP contribution in [0.15, 0.2) is 21.6 Å². The number of hydrogen-bond acceptors (Lipinski definition) is 4. The summed E-state index contributed by atoms with van der Waals surface area (Å²) in [5, 5.41) is 6.38. The second kappa shape index (κ2) is 7.35. The van der Waals surface area contributed by atoms with Crippen LogP contribution in [-0.2, 0) is 11.3 Å². The predicted molar refractivity (Wildman–Crippen MR) is 80.3 cm³/mol. The highest BCUT2D eigenvalue weighted by molar-refractivity contribution is 9.10. The first kappa shape index (κ1) is 14.9. The van der Waals surface area contributed by atoms with Crippen LogP contribution in [-0.4, -0.2) is 40.1 Å². The Bertz CT molecular complexity index is 494. The Morgan fingerprint density at radius 2 is 2.25 bits per heavy atom. The largest absolute Gasteiger partial charge is 0.454 e. The first-order valence-corrected chi connectivity index (χ1v) is 7.05. The summed E-state index contributed by atoms with van der Waals surface area (Å²) in [6.07, 6.45) is 0. The lowest BCUT2D eigenvalue weighted by Crippen LogP contribution is -2.38.